The first kappa shape index (κ1) is 15.1. The summed E-state index contributed by atoms with van der Waals surface area (Å²) >= 11 is 7.88. The van der Waals surface area contributed by atoms with Crippen molar-refractivity contribution in [2.24, 2.45) is 0 Å². The van der Waals surface area contributed by atoms with Gasteiger partial charge in [-0.05, 0) is 52.9 Å². The molecule has 2 rings (SSSR count). The van der Waals surface area contributed by atoms with Crippen molar-refractivity contribution >= 4 is 45.8 Å². The predicted molar refractivity (Wildman–Crippen MR) is 85.1 cm³/mol. The molecule has 0 saturated carbocycles. The second kappa shape index (κ2) is 6.41. The highest BCUT2D eigenvalue weighted by molar-refractivity contribution is 14.1. The molecule has 6 heteroatoms. The Kier molecular flexibility index (Phi) is 4.82. The number of anilines is 1. The van der Waals surface area contributed by atoms with E-state index in [1.807, 2.05) is 22.6 Å². The van der Waals surface area contributed by atoms with Gasteiger partial charge in [0.15, 0.2) is 0 Å². The monoisotopic (exact) mass is 405 g/mol. The zero-order valence-corrected chi connectivity index (χ0v) is 13.3. The van der Waals surface area contributed by atoms with Gasteiger partial charge in [0.05, 0.1) is 18.4 Å². The van der Waals surface area contributed by atoms with E-state index in [0.29, 0.717) is 16.5 Å². The van der Waals surface area contributed by atoms with Gasteiger partial charge in [0.2, 0.25) is 0 Å². The van der Waals surface area contributed by atoms with Crippen molar-refractivity contribution in [2.45, 2.75) is 0 Å². The van der Waals surface area contributed by atoms with Crippen LogP contribution in [0.2, 0.25) is 5.02 Å². The minimum atomic E-state index is -0.633. The van der Waals surface area contributed by atoms with Gasteiger partial charge >= 0.3 is 0 Å². The van der Waals surface area contributed by atoms with Crippen LogP contribution >= 0.6 is 34.2 Å². The topological polar surface area (TPSA) is 38.3 Å². The summed E-state index contributed by atoms with van der Waals surface area (Å²) in [6, 6.07) is 9.12. The molecule has 0 spiro atoms. The van der Waals surface area contributed by atoms with Crippen LogP contribution in [0.3, 0.4) is 0 Å². The van der Waals surface area contributed by atoms with Gasteiger partial charge in [-0.1, -0.05) is 11.6 Å². The number of hydrogen-bond acceptors (Lipinski definition) is 2. The molecule has 0 bridgehead atoms. The van der Waals surface area contributed by atoms with Crippen molar-refractivity contribution in [3.8, 4) is 5.75 Å². The molecule has 0 radical (unpaired) electrons. The largest absolute Gasteiger partial charge is 0.497 e. The molecule has 0 aliphatic heterocycles. The number of ether oxygens (including phenoxy) is 1. The molecule has 0 aromatic heterocycles. The van der Waals surface area contributed by atoms with Gasteiger partial charge in [-0.3, -0.25) is 4.79 Å². The average molecular weight is 406 g/mol. The number of nitrogens with one attached hydrogen (secondary N) is 1. The number of carbonyl (C=O) groups excluding carboxylic acids is 1. The van der Waals surface area contributed by atoms with Crippen LogP contribution in [0, 0.1) is 9.39 Å². The fourth-order valence-corrected chi connectivity index (χ4v) is 2.59. The Morgan fingerprint density at radius 2 is 2.05 bits per heavy atom. The molecule has 20 heavy (non-hydrogen) atoms. The van der Waals surface area contributed by atoms with Crippen molar-refractivity contribution in [1.29, 1.82) is 0 Å². The van der Waals surface area contributed by atoms with Crippen LogP contribution in [-0.2, 0) is 0 Å². The van der Waals surface area contributed by atoms with Gasteiger partial charge in [0.1, 0.15) is 11.6 Å². The molecule has 0 aliphatic rings. The predicted octanol–water partition coefficient (Wildman–Crippen LogP) is 4.34. The highest BCUT2D eigenvalue weighted by Crippen LogP contribution is 2.24. The number of benzene rings is 2. The average Bonchev–Trinajstić information content (AvgIpc) is 2.41. The quantitative estimate of drug-likeness (QED) is 0.771. The molecule has 0 atom stereocenters. The summed E-state index contributed by atoms with van der Waals surface area (Å²) in [5.74, 6) is -0.795. The molecule has 1 amide bonds. The fourth-order valence-electron chi connectivity index (χ4n) is 1.59. The lowest BCUT2D eigenvalue weighted by Gasteiger charge is -2.09. The van der Waals surface area contributed by atoms with Crippen LogP contribution in [0.4, 0.5) is 10.1 Å². The SMILES string of the molecule is COc1ccc(C(=O)Nc2ccc(Cl)cc2I)c(F)c1. The molecule has 104 valence electrons. The Balaban J connectivity index is 2.24. The summed E-state index contributed by atoms with van der Waals surface area (Å²) in [6.45, 7) is 0. The van der Waals surface area contributed by atoms with Crippen LogP contribution in [0.15, 0.2) is 36.4 Å². The lowest BCUT2D eigenvalue weighted by Crippen LogP contribution is -2.14. The maximum atomic E-state index is 13.8. The standard InChI is InChI=1S/C14H10ClFINO2/c1-20-9-3-4-10(11(16)7-9)14(19)18-13-5-2-8(15)6-12(13)17/h2-7H,1H3,(H,18,19). The second-order valence-corrected chi connectivity index (χ2v) is 5.52. The van der Waals surface area contributed by atoms with Gasteiger partial charge in [0.25, 0.3) is 5.91 Å². The van der Waals surface area contributed by atoms with Crippen molar-refractivity contribution < 1.29 is 13.9 Å². The number of rotatable bonds is 3. The van der Waals surface area contributed by atoms with E-state index in [1.165, 1.54) is 25.3 Å². The van der Waals surface area contributed by atoms with E-state index in [4.69, 9.17) is 16.3 Å². The van der Waals surface area contributed by atoms with Crippen molar-refractivity contribution in [3.63, 3.8) is 0 Å². The highest BCUT2D eigenvalue weighted by atomic mass is 127. The number of hydrogen-bond donors (Lipinski definition) is 1. The van der Waals surface area contributed by atoms with E-state index < -0.39 is 11.7 Å². The fraction of sp³-hybridized carbons (Fsp3) is 0.0714. The van der Waals surface area contributed by atoms with Crippen LogP contribution in [0.25, 0.3) is 0 Å². The molecule has 0 saturated heterocycles. The Bertz CT molecular complexity index is 664. The van der Waals surface area contributed by atoms with Crippen LogP contribution in [0.5, 0.6) is 5.75 Å². The minimum absolute atomic E-state index is 0.0449. The molecule has 2 aromatic carbocycles. The van der Waals surface area contributed by atoms with Crippen LogP contribution in [0.1, 0.15) is 10.4 Å². The summed E-state index contributed by atoms with van der Waals surface area (Å²) in [5.41, 5.74) is 0.534. The summed E-state index contributed by atoms with van der Waals surface area (Å²) in [6.07, 6.45) is 0. The number of methoxy groups -OCH3 is 1. The summed E-state index contributed by atoms with van der Waals surface area (Å²) in [4.78, 5) is 12.0. The van der Waals surface area contributed by atoms with Crippen molar-refractivity contribution in [1.82, 2.24) is 0 Å². The number of amides is 1. The first-order valence-electron chi connectivity index (χ1n) is 5.61. The van der Waals surface area contributed by atoms with E-state index in [0.717, 1.165) is 3.57 Å². The van der Waals surface area contributed by atoms with Gasteiger partial charge in [0, 0.05) is 14.7 Å². The second-order valence-electron chi connectivity index (χ2n) is 3.92. The molecule has 1 N–H and O–H groups in total. The molecule has 0 heterocycles. The molecule has 3 nitrogen and oxygen atoms in total. The van der Waals surface area contributed by atoms with Gasteiger partial charge in [-0.25, -0.2) is 4.39 Å². The molecule has 2 aromatic rings. The lowest BCUT2D eigenvalue weighted by molar-refractivity contribution is 0.102. The third-order valence-corrected chi connectivity index (χ3v) is 3.73. The van der Waals surface area contributed by atoms with Crippen LogP contribution < -0.4 is 10.1 Å². The Labute approximate surface area is 134 Å². The van der Waals surface area contributed by atoms with E-state index in [-0.39, 0.29) is 5.56 Å². The maximum absolute atomic E-state index is 13.8. The third-order valence-electron chi connectivity index (χ3n) is 2.60. The smallest absolute Gasteiger partial charge is 0.258 e. The summed E-state index contributed by atoms with van der Waals surface area (Å²) < 4.78 is 19.5. The Hall–Kier alpha value is -1.34. The van der Waals surface area contributed by atoms with Crippen molar-refractivity contribution in [2.75, 3.05) is 12.4 Å². The molecular weight excluding hydrogens is 396 g/mol. The Morgan fingerprint density at radius 3 is 2.65 bits per heavy atom. The maximum Gasteiger partial charge on any atom is 0.258 e. The zero-order valence-electron chi connectivity index (χ0n) is 10.4. The summed E-state index contributed by atoms with van der Waals surface area (Å²) in [5, 5.41) is 3.22. The minimum Gasteiger partial charge on any atom is -0.497 e. The third kappa shape index (κ3) is 3.40. The Morgan fingerprint density at radius 1 is 1.30 bits per heavy atom. The van der Waals surface area contributed by atoms with Crippen molar-refractivity contribution in [3.05, 3.63) is 56.4 Å². The van der Waals surface area contributed by atoms with E-state index in [9.17, 15) is 9.18 Å². The normalized spacial score (nSPS) is 10.2. The lowest BCUT2D eigenvalue weighted by atomic mass is 10.2. The first-order chi connectivity index (χ1) is 9.51. The van der Waals surface area contributed by atoms with Gasteiger partial charge < -0.3 is 10.1 Å². The first-order valence-corrected chi connectivity index (χ1v) is 7.07. The zero-order chi connectivity index (χ0) is 14.7. The molecule has 0 aliphatic carbocycles. The number of carbonyl (C=O) groups is 1. The van der Waals surface area contributed by atoms with E-state index >= 15 is 0 Å². The molecule has 0 fully saturated rings. The molecule has 0 unspecified atom stereocenters. The van der Waals surface area contributed by atoms with E-state index in [1.54, 1.807) is 18.2 Å². The highest BCUT2D eigenvalue weighted by Gasteiger charge is 2.14. The molecular formula is C14H10ClFINO2. The summed E-state index contributed by atoms with van der Waals surface area (Å²) in [7, 11) is 1.44. The van der Waals surface area contributed by atoms with Gasteiger partial charge in [-0.15, -0.1) is 0 Å². The van der Waals surface area contributed by atoms with E-state index in [2.05, 4.69) is 5.32 Å². The van der Waals surface area contributed by atoms with Crippen LogP contribution in [-0.4, -0.2) is 13.0 Å². The number of halogens is 3. The van der Waals surface area contributed by atoms with Gasteiger partial charge in [-0.2, -0.15) is 0 Å².